The molecule has 0 radical (unpaired) electrons. The minimum atomic E-state index is -4.38. The van der Waals surface area contributed by atoms with Gasteiger partial charge in [-0.05, 0) is 48.7 Å². The average molecular weight is 581 g/mol. The van der Waals surface area contributed by atoms with E-state index in [2.05, 4.69) is 4.90 Å². The number of rotatable bonds is 10. The number of carbonyl (C=O) groups is 1. The Morgan fingerprint density at radius 2 is 1.85 bits per heavy atom. The summed E-state index contributed by atoms with van der Waals surface area (Å²) in [5, 5.41) is 9.91. The number of hydrogen-bond donors (Lipinski definition) is 1. The first kappa shape index (κ1) is 29.4. The summed E-state index contributed by atoms with van der Waals surface area (Å²) in [4.78, 5) is 20.5. The Hall–Kier alpha value is -2.60. The molecule has 1 saturated heterocycles. The Bertz CT molecular complexity index is 1270. The molecular formula is C28H31F3N2O4S2. The molecule has 3 aromatic rings. The lowest BCUT2D eigenvalue weighted by atomic mass is 10.0. The maximum atomic E-state index is 13.0. The number of morpholine rings is 1. The molecule has 1 aliphatic rings. The van der Waals surface area contributed by atoms with Crippen molar-refractivity contribution in [2.45, 2.75) is 56.2 Å². The zero-order valence-corrected chi connectivity index (χ0v) is 23.6. The molecule has 1 atom stereocenters. The minimum Gasteiger partial charge on any atom is -0.479 e. The molecule has 2 aromatic carbocycles. The highest BCUT2D eigenvalue weighted by atomic mass is 32.2. The Morgan fingerprint density at radius 3 is 2.46 bits per heavy atom. The third kappa shape index (κ3) is 7.75. The number of thiazole rings is 1. The lowest BCUT2D eigenvalue weighted by Crippen LogP contribution is -2.35. The van der Waals surface area contributed by atoms with Gasteiger partial charge in [0.2, 0.25) is 0 Å². The summed E-state index contributed by atoms with van der Waals surface area (Å²) in [6, 6.07) is 10.9. The Labute approximate surface area is 234 Å². The van der Waals surface area contributed by atoms with Crippen molar-refractivity contribution in [3.05, 3.63) is 64.2 Å². The van der Waals surface area contributed by atoms with Crippen LogP contribution in [-0.2, 0) is 28.0 Å². The Morgan fingerprint density at radius 1 is 1.15 bits per heavy atom. The molecule has 39 heavy (non-hydrogen) atoms. The SMILES string of the molecule is CC(Oc1ccc(SCc2sc(-c3ccc(C(F)(F)F)cc3)nc2CN2CCOCC2)cc1C(C)C)C(=O)O. The average Bonchev–Trinajstić information content (AvgIpc) is 3.30. The predicted molar refractivity (Wildman–Crippen MR) is 146 cm³/mol. The number of aliphatic carboxylic acids is 1. The third-order valence-electron chi connectivity index (χ3n) is 6.34. The van der Waals surface area contributed by atoms with Gasteiger partial charge in [0.15, 0.2) is 6.10 Å². The van der Waals surface area contributed by atoms with E-state index in [0.717, 1.165) is 46.3 Å². The molecule has 0 amide bonds. The van der Waals surface area contributed by atoms with Gasteiger partial charge in [0.25, 0.3) is 0 Å². The lowest BCUT2D eigenvalue weighted by molar-refractivity contribution is -0.144. The number of halogens is 3. The van der Waals surface area contributed by atoms with Crippen LogP contribution in [0.4, 0.5) is 13.2 Å². The van der Waals surface area contributed by atoms with Gasteiger partial charge >= 0.3 is 12.1 Å². The number of hydrogen-bond acceptors (Lipinski definition) is 7. The van der Waals surface area contributed by atoms with E-state index in [1.165, 1.54) is 30.4 Å². The van der Waals surface area contributed by atoms with E-state index < -0.39 is 23.8 Å². The van der Waals surface area contributed by atoms with Crippen molar-refractivity contribution < 1.29 is 32.5 Å². The quantitative estimate of drug-likeness (QED) is 0.261. The van der Waals surface area contributed by atoms with Crippen LogP contribution in [0.15, 0.2) is 47.4 Å². The van der Waals surface area contributed by atoms with E-state index in [1.54, 1.807) is 11.8 Å². The summed E-state index contributed by atoms with van der Waals surface area (Å²) < 4.78 is 50.3. The van der Waals surface area contributed by atoms with E-state index in [9.17, 15) is 23.1 Å². The molecule has 1 unspecified atom stereocenters. The number of benzene rings is 2. The minimum absolute atomic E-state index is 0.133. The summed E-state index contributed by atoms with van der Waals surface area (Å²) in [6.07, 6.45) is -5.34. The fraction of sp³-hybridized carbons (Fsp3) is 0.429. The Balaban J connectivity index is 1.57. The van der Waals surface area contributed by atoms with Gasteiger partial charge in [-0.25, -0.2) is 9.78 Å². The highest BCUT2D eigenvalue weighted by Crippen LogP contribution is 2.37. The Kier molecular flexibility index (Phi) is 9.58. The number of alkyl halides is 3. The molecule has 2 heterocycles. The molecule has 1 fully saturated rings. The zero-order chi connectivity index (χ0) is 28.2. The van der Waals surface area contributed by atoms with Gasteiger partial charge in [0, 0.05) is 40.7 Å². The predicted octanol–water partition coefficient (Wildman–Crippen LogP) is 6.93. The topological polar surface area (TPSA) is 71.9 Å². The van der Waals surface area contributed by atoms with Crippen LogP contribution in [0.2, 0.25) is 0 Å². The monoisotopic (exact) mass is 580 g/mol. The largest absolute Gasteiger partial charge is 0.479 e. The van der Waals surface area contributed by atoms with Gasteiger partial charge in [0.1, 0.15) is 10.8 Å². The molecule has 11 heteroatoms. The molecule has 0 aliphatic carbocycles. The molecule has 210 valence electrons. The van der Waals surface area contributed by atoms with Gasteiger partial charge < -0.3 is 14.6 Å². The van der Waals surface area contributed by atoms with Crippen LogP contribution in [0.5, 0.6) is 5.75 Å². The summed E-state index contributed by atoms with van der Waals surface area (Å²) in [7, 11) is 0. The molecule has 1 aliphatic heterocycles. The second kappa shape index (κ2) is 12.7. The number of carboxylic acid groups (broad SMARTS) is 1. The first-order valence-corrected chi connectivity index (χ1v) is 14.4. The van der Waals surface area contributed by atoms with Crippen LogP contribution in [0.25, 0.3) is 10.6 Å². The number of thioether (sulfide) groups is 1. The summed E-state index contributed by atoms with van der Waals surface area (Å²) >= 11 is 3.13. The fourth-order valence-corrected chi connectivity index (χ4v) is 6.20. The van der Waals surface area contributed by atoms with E-state index in [0.29, 0.717) is 41.8 Å². The number of ether oxygens (including phenoxy) is 2. The van der Waals surface area contributed by atoms with E-state index in [1.807, 2.05) is 32.0 Å². The van der Waals surface area contributed by atoms with Crippen LogP contribution in [0.3, 0.4) is 0 Å². The van der Waals surface area contributed by atoms with Crippen molar-refractivity contribution in [3.8, 4) is 16.3 Å². The molecule has 4 rings (SSSR count). The van der Waals surface area contributed by atoms with E-state index in [-0.39, 0.29) is 5.92 Å². The van der Waals surface area contributed by atoms with E-state index >= 15 is 0 Å². The van der Waals surface area contributed by atoms with Crippen molar-refractivity contribution in [1.82, 2.24) is 9.88 Å². The number of nitrogens with zero attached hydrogens (tertiary/aromatic N) is 2. The zero-order valence-electron chi connectivity index (χ0n) is 22.0. The molecule has 6 nitrogen and oxygen atoms in total. The molecule has 0 saturated carbocycles. The van der Waals surface area contributed by atoms with Crippen LogP contribution < -0.4 is 4.74 Å². The van der Waals surface area contributed by atoms with Crippen LogP contribution in [0, 0.1) is 0 Å². The van der Waals surface area contributed by atoms with Crippen molar-refractivity contribution in [2.75, 3.05) is 26.3 Å². The number of aromatic nitrogens is 1. The van der Waals surface area contributed by atoms with E-state index in [4.69, 9.17) is 14.5 Å². The van der Waals surface area contributed by atoms with Gasteiger partial charge in [-0.1, -0.05) is 26.0 Å². The van der Waals surface area contributed by atoms with Crippen molar-refractivity contribution in [3.63, 3.8) is 0 Å². The first-order chi connectivity index (χ1) is 18.5. The van der Waals surface area contributed by atoms with Crippen LogP contribution >= 0.6 is 23.1 Å². The molecule has 0 bridgehead atoms. The lowest BCUT2D eigenvalue weighted by Gasteiger charge is -2.26. The van der Waals surface area contributed by atoms with Crippen molar-refractivity contribution in [2.24, 2.45) is 0 Å². The van der Waals surface area contributed by atoms with Crippen molar-refractivity contribution in [1.29, 1.82) is 0 Å². The standard InChI is InChI=1S/C28H31F3N2O4S2/c1-17(2)22-14-21(8-9-24(22)37-18(3)27(34)35)38-16-25-23(15-33-10-12-36-13-11-33)32-26(39-25)19-4-6-20(7-5-19)28(29,30)31/h4-9,14,17-18H,10-13,15-16H2,1-3H3,(H,34,35). The maximum absolute atomic E-state index is 13.0. The highest BCUT2D eigenvalue weighted by Gasteiger charge is 2.30. The summed E-state index contributed by atoms with van der Waals surface area (Å²) in [6.45, 7) is 9.13. The van der Waals surface area contributed by atoms with Gasteiger partial charge in [0.05, 0.1) is 24.5 Å². The second-order valence-corrected chi connectivity index (χ2v) is 11.7. The number of carboxylic acids is 1. The smallest absolute Gasteiger partial charge is 0.416 e. The molecular weight excluding hydrogens is 549 g/mol. The van der Waals surface area contributed by atoms with Gasteiger partial charge in [-0.2, -0.15) is 13.2 Å². The normalized spacial score (nSPS) is 15.5. The van der Waals surface area contributed by atoms with Crippen LogP contribution in [0.1, 0.15) is 48.4 Å². The third-order valence-corrected chi connectivity index (χ3v) is 8.69. The summed E-state index contributed by atoms with van der Waals surface area (Å²) in [5.41, 5.74) is 1.82. The first-order valence-electron chi connectivity index (χ1n) is 12.6. The maximum Gasteiger partial charge on any atom is 0.416 e. The van der Waals surface area contributed by atoms with Gasteiger partial charge in [-0.15, -0.1) is 23.1 Å². The molecule has 1 aromatic heterocycles. The van der Waals surface area contributed by atoms with Gasteiger partial charge in [-0.3, -0.25) is 4.90 Å². The van der Waals surface area contributed by atoms with Crippen LogP contribution in [-0.4, -0.2) is 53.4 Å². The summed E-state index contributed by atoms with van der Waals surface area (Å²) in [5.74, 6) is 0.305. The fourth-order valence-electron chi connectivity index (χ4n) is 4.08. The second-order valence-electron chi connectivity index (χ2n) is 9.59. The highest BCUT2D eigenvalue weighted by molar-refractivity contribution is 7.98. The molecule has 0 spiro atoms. The molecule has 1 N–H and O–H groups in total. The van der Waals surface area contributed by atoms with Crippen molar-refractivity contribution >= 4 is 29.1 Å².